The van der Waals surface area contributed by atoms with Gasteiger partial charge >= 0.3 is 0 Å². The average Bonchev–Trinajstić information content (AvgIpc) is 2.84. The highest BCUT2D eigenvalue weighted by Gasteiger charge is 2.19. The summed E-state index contributed by atoms with van der Waals surface area (Å²) in [6, 6.07) is -0.752. The van der Waals surface area contributed by atoms with Crippen LogP contribution >= 0.6 is 0 Å². The Labute approximate surface area is 216 Å². The molecule has 0 aliphatic heterocycles. The van der Waals surface area contributed by atoms with E-state index in [0.29, 0.717) is 6.42 Å². The van der Waals surface area contributed by atoms with Gasteiger partial charge in [0.1, 0.15) is 0 Å². The molecule has 4 N–H and O–H groups in total. The molecule has 35 heavy (non-hydrogen) atoms. The van der Waals surface area contributed by atoms with Gasteiger partial charge in [0.25, 0.3) is 0 Å². The molecule has 0 rings (SSSR count). The van der Waals surface area contributed by atoms with E-state index in [-0.39, 0.29) is 18.9 Å². The van der Waals surface area contributed by atoms with Gasteiger partial charge in [0, 0.05) is 0 Å². The Hall–Kier alpha value is -1.17. The molecule has 0 aromatic rings. The first kappa shape index (κ1) is 33.8. The molecule has 5 nitrogen and oxygen atoms in total. The van der Waals surface area contributed by atoms with Gasteiger partial charge in [0.05, 0.1) is 31.3 Å². The van der Waals surface area contributed by atoms with Crippen molar-refractivity contribution >= 4 is 5.91 Å². The number of rotatable bonds is 25. The first-order chi connectivity index (χ1) is 17.0. The van der Waals surface area contributed by atoms with Gasteiger partial charge in [-0.3, -0.25) is 4.79 Å². The average molecular weight is 496 g/mol. The van der Waals surface area contributed by atoms with Gasteiger partial charge in [-0.05, 0) is 32.1 Å². The summed E-state index contributed by atoms with van der Waals surface area (Å²) in [5, 5.41) is 32.7. The molecule has 0 aromatic carbocycles. The topological polar surface area (TPSA) is 89.8 Å². The Morgan fingerprint density at radius 2 is 1.23 bits per heavy atom. The van der Waals surface area contributed by atoms with Gasteiger partial charge in [-0.2, -0.15) is 0 Å². The summed E-state index contributed by atoms with van der Waals surface area (Å²) >= 11 is 0. The summed E-state index contributed by atoms with van der Waals surface area (Å²) < 4.78 is 0. The number of hydrogen-bond donors (Lipinski definition) is 4. The molecule has 0 radical (unpaired) electrons. The van der Waals surface area contributed by atoms with Crippen LogP contribution in [-0.4, -0.2) is 46.1 Å². The SMILES string of the molecule is CCCCCC/C=C/CC/C=C/C(O)C(CO)NC(=O)CC(O)CCCCCCCCCCCC. The fourth-order valence-corrected chi connectivity index (χ4v) is 4.18. The number of hydrogen-bond acceptors (Lipinski definition) is 4. The number of amides is 1. The predicted octanol–water partition coefficient (Wildman–Crippen LogP) is 6.75. The van der Waals surface area contributed by atoms with E-state index in [2.05, 4.69) is 31.3 Å². The molecule has 3 unspecified atom stereocenters. The van der Waals surface area contributed by atoms with Gasteiger partial charge in [-0.1, -0.05) is 122 Å². The molecule has 0 fully saturated rings. The van der Waals surface area contributed by atoms with Crippen LogP contribution in [0.15, 0.2) is 24.3 Å². The van der Waals surface area contributed by atoms with Crippen LogP contribution in [0.3, 0.4) is 0 Å². The summed E-state index contributed by atoms with van der Waals surface area (Å²) in [6.45, 7) is 4.11. The zero-order valence-corrected chi connectivity index (χ0v) is 22.9. The van der Waals surface area contributed by atoms with E-state index in [4.69, 9.17) is 0 Å². The van der Waals surface area contributed by atoms with E-state index in [1.54, 1.807) is 6.08 Å². The number of carbonyl (C=O) groups excluding carboxylic acids is 1. The smallest absolute Gasteiger partial charge is 0.222 e. The summed E-state index contributed by atoms with van der Waals surface area (Å²) in [7, 11) is 0. The molecule has 0 heterocycles. The van der Waals surface area contributed by atoms with E-state index >= 15 is 0 Å². The van der Waals surface area contributed by atoms with Crippen LogP contribution in [0.5, 0.6) is 0 Å². The molecule has 0 aromatic heterocycles. The van der Waals surface area contributed by atoms with Crippen molar-refractivity contribution in [1.29, 1.82) is 0 Å². The third-order valence-electron chi connectivity index (χ3n) is 6.49. The van der Waals surface area contributed by atoms with Gasteiger partial charge in [-0.25, -0.2) is 0 Å². The summed E-state index contributed by atoms with van der Waals surface area (Å²) in [4.78, 5) is 12.2. The van der Waals surface area contributed by atoms with E-state index in [9.17, 15) is 20.1 Å². The van der Waals surface area contributed by atoms with Crippen molar-refractivity contribution in [3.05, 3.63) is 24.3 Å². The van der Waals surface area contributed by atoms with Crippen molar-refractivity contribution in [1.82, 2.24) is 5.32 Å². The lowest BCUT2D eigenvalue weighted by Gasteiger charge is -2.21. The molecule has 206 valence electrons. The fourth-order valence-electron chi connectivity index (χ4n) is 4.18. The maximum atomic E-state index is 12.2. The Kier molecular flexibility index (Phi) is 25.0. The number of aliphatic hydroxyl groups is 3. The monoisotopic (exact) mass is 495 g/mol. The molecule has 0 aliphatic carbocycles. The minimum atomic E-state index is -0.943. The van der Waals surface area contributed by atoms with Crippen LogP contribution in [0, 0.1) is 0 Å². The van der Waals surface area contributed by atoms with Gasteiger partial charge < -0.3 is 20.6 Å². The highest BCUT2D eigenvalue weighted by molar-refractivity contribution is 5.76. The van der Waals surface area contributed by atoms with Crippen molar-refractivity contribution in [2.45, 2.75) is 154 Å². The van der Waals surface area contributed by atoms with Gasteiger partial charge in [0.2, 0.25) is 5.91 Å². The fraction of sp³-hybridized carbons (Fsp3) is 0.833. The number of carbonyl (C=O) groups is 1. The van der Waals surface area contributed by atoms with Crippen LogP contribution < -0.4 is 5.32 Å². The zero-order valence-electron chi connectivity index (χ0n) is 22.9. The Bertz CT molecular complexity index is 520. The first-order valence-electron chi connectivity index (χ1n) is 14.6. The van der Waals surface area contributed by atoms with E-state index < -0.39 is 18.2 Å². The lowest BCUT2D eigenvalue weighted by atomic mass is 10.0. The van der Waals surface area contributed by atoms with Crippen molar-refractivity contribution in [2.75, 3.05) is 6.61 Å². The number of unbranched alkanes of at least 4 members (excludes halogenated alkanes) is 14. The van der Waals surface area contributed by atoms with Crippen molar-refractivity contribution in [3.8, 4) is 0 Å². The molecule has 5 heteroatoms. The first-order valence-corrected chi connectivity index (χ1v) is 14.6. The second-order valence-corrected chi connectivity index (χ2v) is 10.0. The standard InChI is InChI=1S/C30H57NO4/c1-3-5-7-9-11-13-15-17-19-21-23-27(33)25-30(35)31-28(26-32)29(34)24-22-20-18-16-14-12-10-8-6-4-2/h14,16,22,24,27-29,32-34H,3-13,15,17-21,23,25-26H2,1-2H3,(H,31,35)/b16-14+,24-22+. The van der Waals surface area contributed by atoms with Crippen LogP contribution in [0.2, 0.25) is 0 Å². The molecule has 0 saturated heterocycles. The molecule has 1 amide bonds. The van der Waals surface area contributed by atoms with Crippen LogP contribution in [0.25, 0.3) is 0 Å². The van der Waals surface area contributed by atoms with E-state index in [1.807, 2.05) is 6.08 Å². The maximum absolute atomic E-state index is 12.2. The lowest BCUT2D eigenvalue weighted by molar-refractivity contribution is -0.124. The van der Waals surface area contributed by atoms with Gasteiger partial charge in [0.15, 0.2) is 0 Å². The second-order valence-electron chi connectivity index (χ2n) is 10.0. The largest absolute Gasteiger partial charge is 0.394 e. The molecule has 0 spiro atoms. The molecule has 0 aliphatic rings. The predicted molar refractivity (Wildman–Crippen MR) is 148 cm³/mol. The van der Waals surface area contributed by atoms with E-state index in [1.165, 1.54) is 77.0 Å². The molecular formula is C30H57NO4. The summed E-state index contributed by atoms with van der Waals surface area (Å²) in [6.07, 6.45) is 27.3. The Morgan fingerprint density at radius 1 is 0.714 bits per heavy atom. The van der Waals surface area contributed by atoms with Crippen LogP contribution in [0.4, 0.5) is 0 Å². The maximum Gasteiger partial charge on any atom is 0.222 e. The summed E-state index contributed by atoms with van der Waals surface area (Å²) in [5.41, 5.74) is 0. The second kappa shape index (κ2) is 25.9. The molecule has 3 atom stereocenters. The number of allylic oxidation sites excluding steroid dienone is 3. The third kappa shape index (κ3) is 23.0. The summed E-state index contributed by atoms with van der Waals surface area (Å²) in [5.74, 6) is -0.331. The van der Waals surface area contributed by atoms with Crippen LogP contribution in [-0.2, 0) is 4.79 Å². The Balaban J connectivity index is 3.89. The minimum Gasteiger partial charge on any atom is -0.394 e. The number of aliphatic hydroxyl groups excluding tert-OH is 3. The van der Waals surface area contributed by atoms with Gasteiger partial charge in [-0.15, -0.1) is 0 Å². The molecule has 0 bridgehead atoms. The van der Waals surface area contributed by atoms with Crippen LogP contribution in [0.1, 0.15) is 136 Å². The Morgan fingerprint density at radius 3 is 1.83 bits per heavy atom. The lowest BCUT2D eigenvalue weighted by Crippen LogP contribution is -2.45. The zero-order chi connectivity index (χ0) is 26.0. The van der Waals surface area contributed by atoms with Crippen molar-refractivity contribution in [2.24, 2.45) is 0 Å². The number of nitrogens with one attached hydrogen (secondary N) is 1. The highest BCUT2D eigenvalue weighted by atomic mass is 16.3. The molecular weight excluding hydrogens is 438 g/mol. The van der Waals surface area contributed by atoms with E-state index in [0.717, 1.165) is 32.1 Å². The van der Waals surface area contributed by atoms with Crippen molar-refractivity contribution < 1.29 is 20.1 Å². The quantitative estimate of drug-likeness (QED) is 0.0833. The highest BCUT2D eigenvalue weighted by Crippen LogP contribution is 2.13. The minimum absolute atomic E-state index is 0.00735. The third-order valence-corrected chi connectivity index (χ3v) is 6.49. The molecule has 0 saturated carbocycles. The van der Waals surface area contributed by atoms with Crippen molar-refractivity contribution in [3.63, 3.8) is 0 Å². The normalized spacial score (nSPS) is 14.5.